The number of hydrogen-bond donors (Lipinski definition) is 1. The number of pyridine rings is 1. The molecular weight excluding hydrogens is 328 g/mol. The minimum atomic E-state index is 0.621. The van der Waals surface area contributed by atoms with E-state index in [1.165, 1.54) is 6.33 Å². The average Bonchev–Trinajstić information content (AvgIpc) is 3.22. The van der Waals surface area contributed by atoms with Gasteiger partial charge in [0.2, 0.25) is 0 Å². The molecule has 8 nitrogen and oxygen atoms in total. The Labute approximate surface area is 142 Å². The van der Waals surface area contributed by atoms with Crippen molar-refractivity contribution in [2.24, 2.45) is 0 Å². The molecule has 0 amide bonds. The summed E-state index contributed by atoms with van der Waals surface area (Å²) in [5.41, 5.74) is 0.702. The molecule has 1 N–H and O–H groups in total. The molecule has 0 saturated carbocycles. The topological polar surface area (TPSA) is 86.3 Å². The summed E-state index contributed by atoms with van der Waals surface area (Å²) < 4.78 is 3.46. The molecule has 0 aromatic carbocycles. The SMILES string of the molecule is Clc1cnn(CCNc2ncnc3c2cnn3-c2ccccn2)c1. The molecule has 4 heterocycles. The molecule has 4 aromatic heterocycles. The van der Waals surface area contributed by atoms with Crippen LogP contribution in [0, 0.1) is 0 Å². The molecule has 0 aliphatic carbocycles. The van der Waals surface area contributed by atoms with E-state index in [1.54, 1.807) is 34.2 Å². The summed E-state index contributed by atoms with van der Waals surface area (Å²) in [5.74, 6) is 1.43. The third kappa shape index (κ3) is 2.79. The Morgan fingerprint density at radius 2 is 2.04 bits per heavy atom. The van der Waals surface area contributed by atoms with Crippen LogP contribution in [0.15, 0.2) is 49.3 Å². The van der Waals surface area contributed by atoms with Crippen LogP contribution in [0.25, 0.3) is 16.9 Å². The molecule has 0 fully saturated rings. The summed E-state index contributed by atoms with van der Waals surface area (Å²) in [5, 5.41) is 13.3. The fourth-order valence-corrected chi connectivity index (χ4v) is 2.54. The highest BCUT2D eigenvalue weighted by Crippen LogP contribution is 2.20. The number of fused-ring (bicyclic) bond motifs is 1. The van der Waals surface area contributed by atoms with E-state index in [0.29, 0.717) is 29.6 Å². The van der Waals surface area contributed by atoms with Crippen LogP contribution in [-0.4, -0.2) is 41.1 Å². The summed E-state index contributed by atoms with van der Waals surface area (Å²) in [6.07, 6.45) is 8.35. The zero-order valence-electron chi connectivity index (χ0n) is 12.5. The maximum Gasteiger partial charge on any atom is 0.170 e. The van der Waals surface area contributed by atoms with Crippen molar-refractivity contribution in [3.8, 4) is 5.82 Å². The van der Waals surface area contributed by atoms with Crippen LogP contribution in [0.2, 0.25) is 5.02 Å². The highest BCUT2D eigenvalue weighted by Gasteiger charge is 2.11. The first kappa shape index (κ1) is 14.6. The zero-order chi connectivity index (χ0) is 16.4. The number of anilines is 1. The molecule has 0 atom stereocenters. The number of rotatable bonds is 5. The van der Waals surface area contributed by atoms with Gasteiger partial charge in [-0.05, 0) is 12.1 Å². The van der Waals surface area contributed by atoms with E-state index in [0.717, 1.165) is 11.2 Å². The molecule has 0 radical (unpaired) electrons. The van der Waals surface area contributed by atoms with Crippen LogP contribution in [0.1, 0.15) is 0 Å². The van der Waals surface area contributed by atoms with Crippen molar-refractivity contribution >= 4 is 28.5 Å². The molecule has 9 heteroatoms. The van der Waals surface area contributed by atoms with Gasteiger partial charge in [-0.25, -0.2) is 15.0 Å². The van der Waals surface area contributed by atoms with E-state index >= 15 is 0 Å². The van der Waals surface area contributed by atoms with Gasteiger partial charge in [0.05, 0.1) is 29.3 Å². The lowest BCUT2D eigenvalue weighted by Crippen LogP contribution is -2.12. The van der Waals surface area contributed by atoms with Crippen molar-refractivity contribution in [3.05, 3.63) is 54.3 Å². The first-order valence-electron chi connectivity index (χ1n) is 7.33. The Morgan fingerprint density at radius 1 is 1.08 bits per heavy atom. The predicted molar refractivity (Wildman–Crippen MR) is 90.2 cm³/mol. The molecule has 0 spiro atoms. The molecular formula is C15H13ClN8. The summed E-state index contributed by atoms with van der Waals surface area (Å²) >= 11 is 5.85. The van der Waals surface area contributed by atoms with Gasteiger partial charge in [-0.15, -0.1) is 0 Å². The number of nitrogens with one attached hydrogen (secondary N) is 1. The van der Waals surface area contributed by atoms with Gasteiger partial charge in [0.1, 0.15) is 12.1 Å². The lowest BCUT2D eigenvalue weighted by atomic mass is 10.4. The van der Waals surface area contributed by atoms with E-state index in [9.17, 15) is 0 Å². The Kier molecular flexibility index (Phi) is 3.80. The molecule has 0 unspecified atom stereocenters. The number of hydrogen-bond acceptors (Lipinski definition) is 6. The average molecular weight is 341 g/mol. The molecule has 0 aliphatic rings. The van der Waals surface area contributed by atoms with Gasteiger partial charge in [-0.2, -0.15) is 14.9 Å². The smallest absolute Gasteiger partial charge is 0.170 e. The van der Waals surface area contributed by atoms with Crippen molar-refractivity contribution in [2.75, 3.05) is 11.9 Å². The minimum Gasteiger partial charge on any atom is -0.367 e. The zero-order valence-corrected chi connectivity index (χ0v) is 13.3. The summed E-state index contributed by atoms with van der Waals surface area (Å²) in [6.45, 7) is 1.32. The highest BCUT2D eigenvalue weighted by atomic mass is 35.5. The van der Waals surface area contributed by atoms with Gasteiger partial charge >= 0.3 is 0 Å². The van der Waals surface area contributed by atoms with Crippen molar-refractivity contribution in [2.45, 2.75) is 6.54 Å². The molecule has 4 aromatic rings. The fraction of sp³-hybridized carbons (Fsp3) is 0.133. The van der Waals surface area contributed by atoms with Crippen LogP contribution >= 0.6 is 11.6 Å². The molecule has 0 aliphatic heterocycles. The maximum absolute atomic E-state index is 5.85. The van der Waals surface area contributed by atoms with E-state index in [-0.39, 0.29) is 0 Å². The third-order valence-corrected chi connectivity index (χ3v) is 3.66. The Bertz CT molecular complexity index is 962. The van der Waals surface area contributed by atoms with Gasteiger partial charge in [0.15, 0.2) is 11.5 Å². The number of halogens is 1. The highest BCUT2D eigenvalue weighted by molar-refractivity contribution is 6.30. The maximum atomic E-state index is 5.85. The Hall–Kier alpha value is -3.00. The van der Waals surface area contributed by atoms with E-state index in [1.807, 2.05) is 18.2 Å². The molecule has 120 valence electrons. The van der Waals surface area contributed by atoms with Gasteiger partial charge in [-0.3, -0.25) is 4.68 Å². The van der Waals surface area contributed by atoms with Crippen LogP contribution < -0.4 is 5.32 Å². The quantitative estimate of drug-likeness (QED) is 0.599. The van der Waals surface area contributed by atoms with Gasteiger partial charge in [-0.1, -0.05) is 17.7 Å². The number of aromatic nitrogens is 7. The van der Waals surface area contributed by atoms with Gasteiger partial charge in [0, 0.05) is 18.9 Å². The van der Waals surface area contributed by atoms with E-state index < -0.39 is 0 Å². The second-order valence-electron chi connectivity index (χ2n) is 5.05. The lowest BCUT2D eigenvalue weighted by Gasteiger charge is -2.06. The fourth-order valence-electron chi connectivity index (χ4n) is 2.38. The first-order valence-corrected chi connectivity index (χ1v) is 7.71. The normalized spacial score (nSPS) is 11.0. The molecule has 0 bridgehead atoms. The second-order valence-corrected chi connectivity index (χ2v) is 5.49. The van der Waals surface area contributed by atoms with Crippen LogP contribution in [0.3, 0.4) is 0 Å². The predicted octanol–water partition coefficient (Wildman–Crippen LogP) is 2.17. The summed E-state index contributed by atoms with van der Waals surface area (Å²) in [4.78, 5) is 12.9. The summed E-state index contributed by atoms with van der Waals surface area (Å²) in [6, 6.07) is 5.65. The van der Waals surface area contributed by atoms with Gasteiger partial charge < -0.3 is 5.32 Å². The molecule has 4 rings (SSSR count). The van der Waals surface area contributed by atoms with E-state index in [2.05, 4.69) is 30.5 Å². The van der Waals surface area contributed by atoms with E-state index in [4.69, 9.17) is 11.6 Å². The van der Waals surface area contributed by atoms with Gasteiger partial charge in [0.25, 0.3) is 0 Å². The van der Waals surface area contributed by atoms with Crippen LogP contribution in [0.5, 0.6) is 0 Å². The molecule has 24 heavy (non-hydrogen) atoms. The third-order valence-electron chi connectivity index (χ3n) is 3.47. The summed E-state index contributed by atoms with van der Waals surface area (Å²) in [7, 11) is 0. The largest absolute Gasteiger partial charge is 0.367 e. The number of nitrogens with zero attached hydrogens (tertiary/aromatic N) is 7. The Morgan fingerprint density at radius 3 is 2.83 bits per heavy atom. The minimum absolute atomic E-state index is 0.621. The van der Waals surface area contributed by atoms with Crippen molar-refractivity contribution in [1.29, 1.82) is 0 Å². The van der Waals surface area contributed by atoms with Crippen molar-refractivity contribution in [3.63, 3.8) is 0 Å². The monoisotopic (exact) mass is 340 g/mol. The van der Waals surface area contributed by atoms with Crippen molar-refractivity contribution in [1.82, 2.24) is 34.5 Å². The second kappa shape index (κ2) is 6.25. The Balaban J connectivity index is 1.57. The van der Waals surface area contributed by atoms with Crippen molar-refractivity contribution < 1.29 is 0 Å². The first-order chi connectivity index (χ1) is 11.8. The standard InChI is InChI=1S/C15H13ClN8/c16-11-7-21-23(9-11)6-5-18-14-12-8-22-24(15(12)20-10-19-14)13-3-1-2-4-17-13/h1-4,7-10H,5-6H2,(H,18,19,20). The van der Waals surface area contributed by atoms with Crippen LogP contribution in [-0.2, 0) is 6.54 Å². The van der Waals surface area contributed by atoms with Crippen LogP contribution in [0.4, 0.5) is 5.82 Å². The lowest BCUT2D eigenvalue weighted by molar-refractivity contribution is 0.637. The molecule has 0 saturated heterocycles.